The molecule has 0 bridgehead atoms. The van der Waals surface area contributed by atoms with Gasteiger partial charge in [0.05, 0.1) is 6.20 Å². The van der Waals surface area contributed by atoms with E-state index in [1.54, 1.807) is 13.1 Å². The Bertz CT molecular complexity index is 514. The van der Waals surface area contributed by atoms with Crippen LogP contribution in [0.5, 0.6) is 0 Å². The van der Waals surface area contributed by atoms with E-state index >= 15 is 0 Å². The average Bonchev–Trinajstić information content (AvgIpc) is 2.30. The molecule has 1 aromatic carbocycles. The van der Waals surface area contributed by atoms with Crippen molar-refractivity contribution in [1.29, 1.82) is 0 Å². The van der Waals surface area contributed by atoms with Gasteiger partial charge in [-0.2, -0.15) is 0 Å². The van der Waals surface area contributed by atoms with Gasteiger partial charge in [0.1, 0.15) is 11.5 Å². The first-order valence-electron chi connectivity index (χ1n) is 4.67. The van der Waals surface area contributed by atoms with Crippen molar-refractivity contribution in [3.8, 4) is 11.3 Å². The molecule has 0 unspecified atom stereocenters. The summed E-state index contributed by atoms with van der Waals surface area (Å²) < 4.78 is 26.4. The lowest BCUT2D eigenvalue weighted by Crippen LogP contribution is -1.99. The molecule has 5 heteroatoms. The lowest BCUT2D eigenvalue weighted by atomic mass is 10.1. The zero-order chi connectivity index (χ0) is 11.5. The third-order valence-corrected chi connectivity index (χ3v) is 2.07. The predicted octanol–water partition coefficient (Wildman–Crippen LogP) is 2.46. The number of rotatable bonds is 2. The molecule has 0 saturated carbocycles. The van der Waals surface area contributed by atoms with Crippen molar-refractivity contribution in [2.75, 3.05) is 12.4 Å². The second-order valence-electron chi connectivity index (χ2n) is 3.15. The van der Waals surface area contributed by atoms with Gasteiger partial charge in [0.15, 0.2) is 5.82 Å². The average molecular weight is 221 g/mol. The molecule has 1 N–H and O–H groups in total. The van der Waals surface area contributed by atoms with Crippen LogP contribution >= 0.6 is 0 Å². The molecular formula is C11H9F2N3. The summed E-state index contributed by atoms with van der Waals surface area (Å²) >= 11 is 0. The Labute approximate surface area is 91.2 Å². The fourth-order valence-corrected chi connectivity index (χ4v) is 1.33. The zero-order valence-corrected chi connectivity index (χ0v) is 8.54. The predicted molar refractivity (Wildman–Crippen MR) is 56.9 cm³/mol. The van der Waals surface area contributed by atoms with Gasteiger partial charge < -0.3 is 5.32 Å². The Balaban J connectivity index is 2.54. The standard InChI is InChI=1S/C11H9F2N3/c1-14-11-15-6-9(13)10(16-11)7-3-2-4-8(12)5-7/h2-6H,1H3,(H,14,15,16). The third-order valence-electron chi connectivity index (χ3n) is 2.07. The number of anilines is 1. The normalized spacial score (nSPS) is 10.2. The van der Waals surface area contributed by atoms with E-state index in [9.17, 15) is 8.78 Å². The van der Waals surface area contributed by atoms with Gasteiger partial charge in [-0.3, -0.25) is 0 Å². The van der Waals surface area contributed by atoms with Gasteiger partial charge in [0.2, 0.25) is 5.95 Å². The number of aromatic nitrogens is 2. The minimum absolute atomic E-state index is 0.0823. The minimum atomic E-state index is -0.579. The number of nitrogens with one attached hydrogen (secondary N) is 1. The van der Waals surface area contributed by atoms with Gasteiger partial charge in [0, 0.05) is 12.6 Å². The van der Waals surface area contributed by atoms with Crippen molar-refractivity contribution in [1.82, 2.24) is 9.97 Å². The number of hydrogen-bond donors (Lipinski definition) is 1. The Morgan fingerprint density at radius 3 is 2.75 bits per heavy atom. The number of halogens is 2. The maximum Gasteiger partial charge on any atom is 0.223 e. The van der Waals surface area contributed by atoms with Crippen LogP contribution in [0.3, 0.4) is 0 Å². The SMILES string of the molecule is CNc1ncc(F)c(-c2cccc(F)c2)n1. The van der Waals surface area contributed by atoms with E-state index < -0.39 is 11.6 Å². The topological polar surface area (TPSA) is 37.8 Å². The van der Waals surface area contributed by atoms with Crippen molar-refractivity contribution < 1.29 is 8.78 Å². The van der Waals surface area contributed by atoms with E-state index in [-0.39, 0.29) is 5.69 Å². The molecular weight excluding hydrogens is 212 g/mol. The first-order valence-corrected chi connectivity index (χ1v) is 4.67. The summed E-state index contributed by atoms with van der Waals surface area (Å²) in [6.07, 6.45) is 1.05. The highest BCUT2D eigenvalue weighted by atomic mass is 19.1. The van der Waals surface area contributed by atoms with E-state index in [0.717, 1.165) is 6.20 Å². The van der Waals surface area contributed by atoms with Crippen LogP contribution in [0.4, 0.5) is 14.7 Å². The molecule has 0 amide bonds. The number of hydrogen-bond acceptors (Lipinski definition) is 3. The van der Waals surface area contributed by atoms with Gasteiger partial charge in [-0.1, -0.05) is 12.1 Å². The quantitative estimate of drug-likeness (QED) is 0.846. The van der Waals surface area contributed by atoms with Crippen molar-refractivity contribution >= 4 is 5.95 Å². The highest BCUT2D eigenvalue weighted by Gasteiger charge is 2.09. The summed E-state index contributed by atoms with van der Waals surface area (Å²) in [7, 11) is 1.63. The van der Waals surface area contributed by atoms with Gasteiger partial charge in [-0.15, -0.1) is 0 Å². The summed E-state index contributed by atoms with van der Waals surface area (Å²) in [6, 6.07) is 5.62. The molecule has 1 heterocycles. The zero-order valence-electron chi connectivity index (χ0n) is 8.54. The first kappa shape index (κ1) is 10.5. The molecule has 2 rings (SSSR count). The molecule has 82 valence electrons. The fourth-order valence-electron chi connectivity index (χ4n) is 1.33. The van der Waals surface area contributed by atoms with E-state index in [4.69, 9.17) is 0 Å². The molecule has 0 saturated heterocycles. The highest BCUT2D eigenvalue weighted by Crippen LogP contribution is 2.21. The van der Waals surface area contributed by atoms with Crippen LogP contribution < -0.4 is 5.32 Å². The van der Waals surface area contributed by atoms with Crippen molar-refractivity contribution in [2.24, 2.45) is 0 Å². The van der Waals surface area contributed by atoms with E-state index in [1.165, 1.54) is 18.2 Å². The summed E-state index contributed by atoms with van der Waals surface area (Å²) in [6.45, 7) is 0. The molecule has 16 heavy (non-hydrogen) atoms. The molecule has 0 atom stereocenters. The second-order valence-corrected chi connectivity index (χ2v) is 3.15. The van der Waals surface area contributed by atoms with Gasteiger partial charge in [0.25, 0.3) is 0 Å². The lowest BCUT2D eigenvalue weighted by Gasteiger charge is -2.04. The van der Waals surface area contributed by atoms with Crippen LogP contribution in [0.25, 0.3) is 11.3 Å². The van der Waals surface area contributed by atoms with Crippen molar-refractivity contribution in [3.63, 3.8) is 0 Å². The maximum atomic E-state index is 13.4. The molecule has 0 radical (unpaired) electrons. The lowest BCUT2D eigenvalue weighted by molar-refractivity contribution is 0.616. The second kappa shape index (κ2) is 4.22. The third kappa shape index (κ3) is 1.98. The minimum Gasteiger partial charge on any atom is -0.357 e. The Morgan fingerprint density at radius 2 is 2.06 bits per heavy atom. The summed E-state index contributed by atoms with van der Waals surface area (Å²) in [5, 5.41) is 2.70. The number of benzene rings is 1. The summed E-state index contributed by atoms with van der Waals surface area (Å²) in [5.41, 5.74) is 0.468. The van der Waals surface area contributed by atoms with Crippen LogP contribution in [0.1, 0.15) is 0 Å². The van der Waals surface area contributed by atoms with Crippen molar-refractivity contribution in [3.05, 3.63) is 42.1 Å². The molecule has 0 aliphatic heterocycles. The van der Waals surface area contributed by atoms with Crippen LogP contribution in [0.15, 0.2) is 30.5 Å². The Kier molecular flexibility index (Phi) is 2.76. The summed E-state index contributed by atoms with van der Waals surface area (Å²) in [4.78, 5) is 7.65. The molecule has 1 aromatic heterocycles. The first-order chi connectivity index (χ1) is 7.70. The summed E-state index contributed by atoms with van der Waals surface area (Å²) in [5.74, 6) is -0.716. The molecule has 3 nitrogen and oxygen atoms in total. The fraction of sp³-hybridized carbons (Fsp3) is 0.0909. The van der Waals surface area contributed by atoms with E-state index in [0.29, 0.717) is 11.5 Å². The monoisotopic (exact) mass is 221 g/mol. The molecule has 0 spiro atoms. The van der Waals surface area contributed by atoms with Crippen LogP contribution in [0, 0.1) is 11.6 Å². The van der Waals surface area contributed by atoms with E-state index in [1.807, 2.05) is 0 Å². The van der Waals surface area contributed by atoms with Gasteiger partial charge in [-0.05, 0) is 12.1 Å². The molecule has 2 aromatic rings. The molecule has 0 fully saturated rings. The Morgan fingerprint density at radius 1 is 1.25 bits per heavy atom. The van der Waals surface area contributed by atoms with Crippen LogP contribution in [0.2, 0.25) is 0 Å². The van der Waals surface area contributed by atoms with Crippen molar-refractivity contribution in [2.45, 2.75) is 0 Å². The van der Waals surface area contributed by atoms with E-state index in [2.05, 4.69) is 15.3 Å². The molecule has 0 aliphatic rings. The number of nitrogens with zero attached hydrogens (tertiary/aromatic N) is 2. The van der Waals surface area contributed by atoms with Gasteiger partial charge >= 0.3 is 0 Å². The smallest absolute Gasteiger partial charge is 0.223 e. The van der Waals surface area contributed by atoms with Crippen LogP contribution in [-0.4, -0.2) is 17.0 Å². The maximum absolute atomic E-state index is 13.4. The van der Waals surface area contributed by atoms with Gasteiger partial charge in [-0.25, -0.2) is 18.7 Å². The molecule has 0 aliphatic carbocycles. The Hall–Kier alpha value is -2.04. The largest absolute Gasteiger partial charge is 0.357 e. The van der Waals surface area contributed by atoms with Crippen LogP contribution in [-0.2, 0) is 0 Å². The highest BCUT2D eigenvalue weighted by molar-refractivity contribution is 5.60.